The Morgan fingerprint density at radius 1 is 1.62 bits per heavy atom. The number of aliphatic hydroxyl groups is 1. The molecule has 1 N–H and O–H groups in total. The van der Waals surface area contributed by atoms with Gasteiger partial charge in [-0.3, -0.25) is 0 Å². The molecule has 2 nitrogen and oxygen atoms in total. The number of rotatable bonds is 2. The van der Waals surface area contributed by atoms with Gasteiger partial charge in [0.2, 0.25) is 0 Å². The maximum Gasteiger partial charge on any atom is 0.101 e. The van der Waals surface area contributed by atoms with Gasteiger partial charge in [0.15, 0.2) is 0 Å². The quantitative estimate of drug-likeness (QED) is 0.784. The van der Waals surface area contributed by atoms with E-state index in [0.717, 1.165) is 0 Å². The largest absolute Gasteiger partial charge is 0.396 e. The maximum atomic E-state index is 8.87. The standard InChI is InChI=1S/C10H9ClNO/c1-7(6-13)9-4-2-3-8(5-12)10(9)11/h2-4,7,13H,1,6H2. The average Bonchev–Trinajstić information content (AvgIpc) is 2.17. The molecular weight excluding hydrogens is 186 g/mol. The van der Waals surface area contributed by atoms with Gasteiger partial charge in [0.1, 0.15) is 6.07 Å². The molecule has 0 heterocycles. The fourth-order valence-corrected chi connectivity index (χ4v) is 1.37. The molecule has 0 aliphatic heterocycles. The normalized spacial score (nSPS) is 12.2. The zero-order chi connectivity index (χ0) is 9.84. The van der Waals surface area contributed by atoms with E-state index < -0.39 is 0 Å². The molecule has 1 unspecified atom stereocenters. The Labute approximate surface area is 82.4 Å². The minimum Gasteiger partial charge on any atom is -0.396 e. The van der Waals surface area contributed by atoms with Crippen molar-refractivity contribution in [2.24, 2.45) is 0 Å². The van der Waals surface area contributed by atoms with Crippen LogP contribution in [0.15, 0.2) is 18.2 Å². The molecule has 1 radical (unpaired) electrons. The van der Waals surface area contributed by atoms with Gasteiger partial charge in [0.05, 0.1) is 10.6 Å². The third kappa shape index (κ3) is 2.00. The summed E-state index contributed by atoms with van der Waals surface area (Å²) in [6, 6.07) is 7.10. The number of nitriles is 1. The number of nitrogens with zero attached hydrogens (tertiary/aromatic N) is 1. The van der Waals surface area contributed by atoms with E-state index in [0.29, 0.717) is 16.1 Å². The lowest BCUT2D eigenvalue weighted by atomic mass is 10.00. The number of halogens is 1. The minimum atomic E-state index is -0.277. The van der Waals surface area contributed by atoms with Gasteiger partial charge in [-0.15, -0.1) is 0 Å². The van der Waals surface area contributed by atoms with Crippen molar-refractivity contribution in [1.29, 1.82) is 5.26 Å². The predicted octanol–water partition coefficient (Wildman–Crippen LogP) is 2.12. The highest BCUT2D eigenvalue weighted by atomic mass is 35.5. The Balaban J connectivity index is 3.17. The molecule has 0 bridgehead atoms. The summed E-state index contributed by atoms with van der Waals surface area (Å²) >= 11 is 5.91. The van der Waals surface area contributed by atoms with Crippen molar-refractivity contribution in [3.63, 3.8) is 0 Å². The lowest BCUT2D eigenvalue weighted by Gasteiger charge is -2.10. The second-order valence-corrected chi connectivity index (χ2v) is 3.08. The highest BCUT2D eigenvalue weighted by Crippen LogP contribution is 2.26. The van der Waals surface area contributed by atoms with E-state index in [4.69, 9.17) is 22.0 Å². The summed E-state index contributed by atoms with van der Waals surface area (Å²) in [6.07, 6.45) is 0. The van der Waals surface area contributed by atoms with Gasteiger partial charge in [0.25, 0.3) is 0 Å². The first kappa shape index (κ1) is 10.0. The summed E-state index contributed by atoms with van der Waals surface area (Å²) in [5.74, 6) is -0.277. The number of hydrogen-bond donors (Lipinski definition) is 1. The zero-order valence-corrected chi connectivity index (χ0v) is 7.75. The predicted molar refractivity (Wildman–Crippen MR) is 51.4 cm³/mol. The first-order valence-corrected chi connectivity index (χ1v) is 4.21. The van der Waals surface area contributed by atoms with Crippen LogP contribution in [0, 0.1) is 18.3 Å². The highest BCUT2D eigenvalue weighted by molar-refractivity contribution is 6.32. The first-order chi connectivity index (χ1) is 6.20. The van der Waals surface area contributed by atoms with Crippen LogP contribution in [0.3, 0.4) is 0 Å². The molecule has 1 aromatic rings. The molecule has 0 aliphatic carbocycles. The van der Waals surface area contributed by atoms with Crippen LogP contribution in [0.1, 0.15) is 17.0 Å². The molecular formula is C10H9ClNO. The molecule has 0 fully saturated rings. The Bertz CT molecular complexity index is 343. The van der Waals surface area contributed by atoms with Gasteiger partial charge >= 0.3 is 0 Å². The number of aliphatic hydroxyl groups excluding tert-OH is 1. The van der Waals surface area contributed by atoms with Crippen LogP contribution < -0.4 is 0 Å². The minimum absolute atomic E-state index is 0.0748. The van der Waals surface area contributed by atoms with Crippen LogP contribution in [0.5, 0.6) is 0 Å². The first-order valence-electron chi connectivity index (χ1n) is 3.83. The van der Waals surface area contributed by atoms with E-state index in [1.807, 2.05) is 6.07 Å². The van der Waals surface area contributed by atoms with E-state index in [9.17, 15) is 0 Å². The van der Waals surface area contributed by atoms with E-state index in [-0.39, 0.29) is 12.5 Å². The second-order valence-electron chi connectivity index (χ2n) is 2.70. The molecule has 0 saturated carbocycles. The molecule has 0 aromatic heterocycles. The fourth-order valence-electron chi connectivity index (χ4n) is 1.05. The highest BCUT2D eigenvalue weighted by Gasteiger charge is 2.11. The molecule has 0 amide bonds. The molecule has 67 valence electrons. The van der Waals surface area contributed by atoms with Crippen molar-refractivity contribution in [2.75, 3.05) is 6.61 Å². The lowest BCUT2D eigenvalue weighted by Crippen LogP contribution is -2.00. The number of hydrogen-bond acceptors (Lipinski definition) is 2. The summed E-state index contributed by atoms with van der Waals surface area (Å²) in [5.41, 5.74) is 1.13. The summed E-state index contributed by atoms with van der Waals surface area (Å²) in [4.78, 5) is 0. The summed E-state index contributed by atoms with van der Waals surface area (Å²) < 4.78 is 0. The second kappa shape index (κ2) is 4.27. The van der Waals surface area contributed by atoms with Gasteiger partial charge in [-0.2, -0.15) is 5.26 Å². The lowest BCUT2D eigenvalue weighted by molar-refractivity contribution is 0.282. The van der Waals surface area contributed by atoms with Gasteiger partial charge in [-0.05, 0) is 18.6 Å². The Morgan fingerprint density at radius 2 is 2.31 bits per heavy atom. The van der Waals surface area contributed by atoms with Crippen molar-refractivity contribution in [2.45, 2.75) is 5.92 Å². The molecule has 1 atom stereocenters. The van der Waals surface area contributed by atoms with Crippen molar-refractivity contribution >= 4 is 11.6 Å². The van der Waals surface area contributed by atoms with Crippen molar-refractivity contribution in [3.05, 3.63) is 41.3 Å². The van der Waals surface area contributed by atoms with E-state index in [1.54, 1.807) is 18.2 Å². The van der Waals surface area contributed by atoms with Gasteiger partial charge < -0.3 is 5.11 Å². The Hall–Kier alpha value is -1.04. The molecule has 0 aliphatic rings. The van der Waals surface area contributed by atoms with Gasteiger partial charge in [-0.1, -0.05) is 23.7 Å². The number of benzene rings is 1. The van der Waals surface area contributed by atoms with Crippen molar-refractivity contribution < 1.29 is 5.11 Å². The third-order valence-electron chi connectivity index (χ3n) is 1.81. The summed E-state index contributed by atoms with van der Waals surface area (Å²) in [6.45, 7) is 3.64. The SMILES string of the molecule is [CH2]C(CO)c1cccc(C#N)c1Cl. The van der Waals surface area contributed by atoms with E-state index >= 15 is 0 Å². The van der Waals surface area contributed by atoms with Crippen LogP contribution in [-0.4, -0.2) is 11.7 Å². The van der Waals surface area contributed by atoms with E-state index in [2.05, 4.69) is 6.92 Å². The van der Waals surface area contributed by atoms with E-state index in [1.165, 1.54) is 0 Å². The molecule has 1 rings (SSSR count). The van der Waals surface area contributed by atoms with Crippen LogP contribution in [0.4, 0.5) is 0 Å². The molecule has 13 heavy (non-hydrogen) atoms. The van der Waals surface area contributed by atoms with Crippen LogP contribution >= 0.6 is 11.6 Å². The molecule has 0 spiro atoms. The molecule has 1 aromatic carbocycles. The topological polar surface area (TPSA) is 44.0 Å². The van der Waals surface area contributed by atoms with Crippen molar-refractivity contribution in [1.82, 2.24) is 0 Å². The van der Waals surface area contributed by atoms with Crippen molar-refractivity contribution in [3.8, 4) is 6.07 Å². The smallest absolute Gasteiger partial charge is 0.101 e. The molecule has 0 saturated heterocycles. The van der Waals surface area contributed by atoms with Crippen LogP contribution in [0.2, 0.25) is 5.02 Å². The molecule has 3 heteroatoms. The average molecular weight is 195 g/mol. The van der Waals surface area contributed by atoms with Gasteiger partial charge in [-0.25, -0.2) is 0 Å². The Kier molecular flexibility index (Phi) is 3.30. The van der Waals surface area contributed by atoms with Crippen LogP contribution in [-0.2, 0) is 0 Å². The zero-order valence-electron chi connectivity index (χ0n) is 7.00. The maximum absolute atomic E-state index is 8.87. The third-order valence-corrected chi connectivity index (χ3v) is 2.23. The monoisotopic (exact) mass is 194 g/mol. The fraction of sp³-hybridized carbons (Fsp3) is 0.200. The Morgan fingerprint density at radius 3 is 2.85 bits per heavy atom. The summed E-state index contributed by atoms with van der Waals surface area (Å²) in [5, 5.41) is 17.9. The summed E-state index contributed by atoms with van der Waals surface area (Å²) in [7, 11) is 0. The van der Waals surface area contributed by atoms with Crippen LogP contribution in [0.25, 0.3) is 0 Å². The van der Waals surface area contributed by atoms with Gasteiger partial charge in [0, 0.05) is 12.5 Å².